The molecule has 3 aromatic carbocycles. The summed E-state index contributed by atoms with van der Waals surface area (Å²) in [7, 11) is 0. The number of rotatable bonds is 8. The molecule has 1 atom stereocenters. The van der Waals surface area contributed by atoms with E-state index in [1.165, 1.54) is 6.92 Å². The van der Waals surface area contributed by atoms with Gasteiger partial charge in [0, 0.05) is 23.7 Å². The van der Waals surface area contributed by atoms with Crippen LogP contribution < -0.4 is 5.32 Å². The van der Waals surface area contributed by atoms with Crippen LogP contribution in [0.2, 0.25) is 0 Å². The maximum absolute atomic E-state index is 13.1. The predicted molar refractivity (Wildman–Crippen MR) is 139 cm³/mol. The van der Waals surface area contributed by atoms with Gasteiger partial charge in [0.1, 0.15) is 0 Å². The van der Waals surface area contributed by atoms with Crippen LogP contribution in [-0.2, 0) is 19.1 Å². The minimum atomic E-state index is -1.10. The van der Waals surface area contributed by atoms with Crippen molar-refractivity contribution in [3.8, 4) is 16.9 Å². The molecule has 0 aliphatic heterocycles. The molecule has 0 aliphatic carbocycles. The van der Waals surface area contributed by atoms with Crippen LogP contribution in [0.1, 0.15) is 41.6 Å². The predicted octanol–water partition coefficient (Wildman–Crippen LogP) is 5.27. The minimum absolute atomic E-state index is 0.175. The molecule has 4 aromatic rings. The first-order chi connectivity index (χ1) is 17.9. The molecule has 8 heteroatoms. The monoisotopic (exact) mass is 497 g/mol. The summed E-state index contributed by atoms with van der Waals surface area (Å²) >= 11 is 0. The first-order valence-electron chi connectivity index (χ1n) is 11.8. The van der Waals surface area contributed by atoms with E-state index in [-0.39, 0.29) is 12.3 Å². The molecule has 1 N–H and O–H groups in total. The van der Waals surface area contributed by atoms with Gasteiger partial charge in [0.2, 0.25) is 6.10 Å². The SMILES string of the molecule is CCOC(=O)c1cc(-c2cccc(NC(=O)C(OC(C)=O)c3ccccc3)c2)n(-c2ccccc2C)n1. The summed E-state index contributed by atoms with van der Waals surface area (Å²) in [6, 6.07) is 25.3. The van der Waals surface area contributed by atoms with Crippen LogP contribution >= 0.6 is 0 Å². The lowest BCUT2D eigenvalue weighted by atomic mass is 10.1. The zero-order valence-electron chi connectivity index (χ0n) is 20.8. The second-order valence-corrected chi connectivity index (χ2v) is 8.30. The Balaban J connectivity index is 1.70. The lowest BCUT2D eigenvalue weighted by Gasteiger charge is -2.17. The molecule has 37 heavy (non-hydrogen) atoms. The van der Waals surface area contributed by atoms with Crippen molar-refractivity contribution in [1.29, 1.82) is 0 Å². The number of ether oxygens (including phenoxy) is 2. The summed E-state index contributed by atoms with van der Waals surface area (Å²) in [4.78, 5) is 37.3. The maximum atomic E-state index is 13.1. The first-order valence-corrected chi connectivity index (χ1v) is 11.8. The average molecular weight is 498 g/mol. The second-order valence-electron chi connectivity index (χ2n) is 8.30. The van der Waals surface area contributed by atoms with Gasteiger partial charge in [0.25, 0.3) is 5.91 Å². The number of hydrogen-bond donors (Lipinski definition) is 1. The van der Waals surface area contributed by atoms with Crippen LogP contribution in [0.25, 0.3) is 16.9 Å². The van der Waals surface area contributed by atoms with Crippen LogP contribution in [0.4, 0.5) is 5.69 Å². The van der Waals surface area contributed by atoms with Crippen LogP contribution in [0.15, 0.2) is 84.9 Å². The normalized spacial score (nSPS) is 11.4. The summed E-state index contributed by atoms with van der Waals surface area (Å²) < 4.78 is 12.2. The van der Waals surface area contributed by atoms with E-state index in [9.17, 15) is 14.4 Å². The third kappa shape index (κ3) is 5.92. The van der Waals surface area contributed by atoms with E-state index in [1.54, 1.807) is 60.1 Å². The van der Waals surface area contributed by atoms with E-state index in [1.807, 2.05) is 43.3 Å². The van der Waals surface area contributed by atoms with Gasteiger partial charge in [0.05, 0.1) is 18.0 Å². The van der Waals surface area contributed by atoms with Crippen molar-refractivity contribution in [2.24, 2.45) is 0 Å². The number of hydrogen-bond acceptors (Lipinski definition) is 6. The van der Waals surface area contributed by atoms with Crippen LogP contribution in [0.5, 0.6) is 0 Å². The summed E-state index contributed by atoms with van der Waals surface area (Å²) in [5.74, 6) is -1.57. The fourth-order valence-corrected chi connectivity index (χ4v) is 3.91. The van der Waals surface area contributed by atoms with Gasteiger partial charge in [-0.05, 0) is 43.7 Å². The van der Waals surface area contributed by atoms with Gasteiger partial charge < -0.3 is 14.8 Å². The molecule has 0 fully saturated rings. The van der Waals surface area contributed by atoms with E-state index in [2.05, 4.69) is 10.4 Å². The highest BCUT2D eigenvalue weighted by Gasteiger charge is 2.24. The number of esters is 2. The molecule has 1 aromatic heterocycles. The molecular formula is C29H27N3O5. The number of benzene rings is 3. The van der Waals surface area contributed by atoms with Crippen molar-refractivity contribution in [1.82, 2.24) is 9.78 Å². The number of anilines is 1. The topological polar surface area (TPSA) is 99.5 Å². The average Bonchev–Trinajstić information content (AvgIpc) is 3.34. The molecule has 0 spiro atoms. The Morgan fingerprint density at radius 1 is 0.946 bits per heavy atom. The molecule has 1 unspecified atom stereocenters. The number of aromatic nitrogens is 2. The lowest BCUT2D eigenvalue weighted by molar-refractivity contribution is -0.152. The number of carbonyl (C=O) groups is 3. The smallest absolute Gasteiger partial charge is 0.358 e. The van der Waals surface area contributed by atoms with Gasteiger partial charge in [-0.25, -0.2) is 9.48 Å². The Hall–Kier alpha value is -4.72. The molecule has 0 saturated heterocycles. The number of nitrogens with one attached hydrogen (secondary N) is 1. The molecule has 188 valence electrons. The van der Waals surface area contributed by atoms with E-state index in [4.69, 9.17) is 9.47 Å². The number of carbonyl (C=O) groups excluding carboxylic acids is 3. The van der Waals surface area contributed by atoms with E-state index in [0.29, 0.717) is 22.5 Å². The molecular weight excluding hydrogens is 470 g/mol. The van der Waals surface area contributed by atoms with E-state index < -0.39 is 23.9 Å². The number of nitrogens with zero attached hydrogens (tertiary/aromatic N) is 2. The van der Waals surface area contributed by atoms with Crippen molar-refractivity contribution in [2.75, 3.05) is 11.9 Å². The lowest BCUT2D eigenvalue weighted by Crippen LogP contribution is -2.25. The van der Waals surface area contributed by atoms with Crippen molar-refractivity contribution in [3.05, 3.63) is 102 Å². The van der Waals surface area contributed by atoms with Crippen LogP contribution in [-0.4, -0.2) is 34.2 Å². The molecule has 1 amide bonds. The Bertz CT molecular complexity index is 1430. The molecule has 0 saturated carbocycles. The Morgan fingerprint density at radius 2 is 1.68 bits per heavy atom. The van der Waals surface area contributed by atoms with Crippen molar-refractivity contribution in [3.63, 3.8) is 0 Å². The van der Waals surface area contributed by atoms with Gasteiger partial charge in [-0.1, -0.05) is 60.7 Å². The van der Waals surface area contributed by atoms with E-state index in [0.717, 1.165) is 11.3 Å². The molecule has 0 aliphatic rings. The molecule has 8 nitrogen and oxygen atoms in total. The quantitative estimate of drug-likeness (QED) is 0.333. The molecule has 1 heterocycles. The van der Waals surface area contributed by atoms with Gasteiger partial charge in [-0.15, -0.1) is 0 Å². The van der Waals surface area contributed by atoms with Crippen molar-refractivity contribution >= 4 is 23.5 Å². The largest absolute Gasteiger partial charge is 0.461 e. The first kappa shape index (κ1) is 25.4. The standard InChI is InChI=1S/C29H27N3O5/c1-4-36-29(35)24-18-26(32(31-24)25-16-9-8-11-19(25)2)22-14-10-15-23(17-22)30-28(34)27(37-20(3)33)21-12-6-5-7-13-21/h5-18,27H,4H2,1-3H3,(H,30,34). The van der Waals surface area contributed by atoms with Crippen LogP contribution in [0.3, 0.4) is 0 Å². The van der Waals surface area contributed by atoms with Crippen LogP contribution in [0, 0.1) is 6.92 Å². The third-order valence-electron chi connectivity index (χ3n) is 5.59. The fourth-order valence-electron chi connectivity index (χ4n) is 3.91. The van der Waals surface area contributed by atoms with Gasteiger partial charge >= 0.3 is 11.9 Å². The van der Waals surface area contributed by atoms with Gasteiger partial charge in [-0.3, -0.25) is 9.59 Å². The second kappa shape index (κ2) is 11.3. The summed E-state index contributed by atoms with van der Waals surface area (Å²) in [5, 5.41) is 7.36. The van der Waals surface area contributed by atoms with E-state index >= 15 is 0 Å². The maximum Gasteiger partial charge on any atom is 0.358 e. The van der Waals surface area contributed by atoms with Crippen molar-refractivity contribution < 1.29 is 23.9 Å². The number of aryl methyl sites for hydroxylation is 1. The summed E-state index contributed by atoms with van der Waals surface area (Å²) in [5.41, 5.74) is 4.36. The third-order valence-corrected chi connectivity index (χ3v) is 5.59. The highest BCUT2D eigenvalue weighted by atomic mass is 16.5. The zero-order chi connectivity index (χ0) is 26.4. The fraction of sp³-hybridized carbons (Fsp3) is 0.172. The minimum Gasteiger partial charge on any atom is -0.461 e. The van der Waals surface area contributed by atoms with Crippen molar-refractivity contribution in [2.45, 2.75) is 26.9 Å². The Labute approximate surface area is 214 Å². The zero-order valence-corrected chi connectivity index (χ0v) is 20.8. The number of para-hydroxylation sites is 1. The van der Waals surface area contributed by atoms with Gasteiger partial charge in [0.15, 0.2) is 5.69 Å². The number of amides is 1. The molecule has 0 radical (unpaired) electrons. The highest BCUT2D eigenvalue weighted by molar-refractivity contribution is 5.96. The van der Waals surface area contributed by atoms with Gasteiger partial charge in [-0.2, -0.15) is 5.10 Å². The Morgan fingerprint density at radius 3 is 2.38 bits per heavy atom. The highest BCUT2D eigenvalue weighted by Crippen LogP contribution is 2.29. The molecule has 0 bridgehead atoms. The molecule has 4 rings (SSSR count). The Kier molecular flexibility index (Phi) is 7.78. The summed E-state index contributed by atoms with van der Waals surface area (Å²) in [6.07, 6.45) is -1.10. The summed E-state index contributed by atoms with van der Waals surface area (Å²) in [6.45, 7) is 5.19.